The number of benzene rings is 2. The monoisotopic (exact) mass is 399 g/mol. The van der Waals surface area contributed by atoms with Gasteiger partial charge in [0.2, 0.25) is 0 Å². The zero-order valence-electron chi connectivity index (χ0n) is 8.87. The van der Waals surface area contributed by atoms with Gasteiger partial charge in [0.05, 0.1) is 0 Å². The van der Waals surface area contributed by atoms with Gasteiger partial charge in [-0.3, -0.25) is 0 Å². The van der Waals surface area contributed by atoms with Crippen LogP contribution in [0.3, 0.4) is 0 Å². The quantitative estimate of drug-likeness (QED) is 0.504. The Kier molecular flexibility index (Phi) is 3.72. The summed E-state index contributed by atoms with van der Waals surface area (Å²) in [7, 11) is 0. The predicted octanol–water partition coefficient (Wildman–Crippen LogP) is 3.91. The van der Waals surface area contributed by atoms with Gasteiger partial charge in [0, 0.05) is 26.9 Å². The molecule has 1 aliphatic carbocycles. The first-order chi connectivity index (χ1) is 7.40. The van der Waals surface area contributed by atoms with E-state index in [1.54, 1.807) is 0 Å². The van der Waals surface area contributed by atoms with Crippen LogP contribution in [0.15, 0.2) is 30.3 Å². The first-order valence-corrected chi connectivity index (χ1v) is 5.92. The molecule has 0 aromatic heterocycles. The average molecular weight is 400 g/mol. The van der Waals surface area contributed by atoms with Crippen molar-refractivity contribution < 1.29 is 21.1 Å². The molecule has 0 spiro atoms. The van der Waals surface area contributed by atoms with Crippen LogP contribution < -0.4 is 0 Å². The third kappa shape index (κ3) is 1.83. The van der Waals surface area contributed by atoms with Crippen molar-refractivity contribution in [2.24, 2.45) is 0 Å². The summed E-state index contributed by atoms with van der Waals surface area (Å²) in [5, 5.41) is 2.66. The Balaban J connectivity index is 0.000000963. The van der Waals surface area contributed by atoms with Crippen molar-refractivity contribution in [1.82, 2.24) is 0 Å². The number of hydrogen-bond donors (Lipinski definition) is 0. The van der Waals surface area contributed by atoms with Crippen molar-refractivity contribution in [2.75, 3.05) is 5.88 Å². The van der Waals surface area contributed by atoms with E-state index in [0.717, 1.165) is 12.3 Å². The summed E-state index contributed by atoms with van der Waals surface area (Å²) in [6.45, 7) is 0. The minimum absolute atomic E-state index is 0. The van der Waals surface area contributed by atoms with Crippen LogP contribution in [-0.4, -0.2) is 5.88 Å². The Hall–Kier alpha value is -0.322. The second-order valence-electron chi connectivity index (χ2n) is 4.16. The summed E-state index contributed by atoms with van der Waals surface area (Å²) in [6, 6.07) is 14.0. The van der Waals surface area contributed by atoms with E-state index < -0.39 is 0 Å². The third-order valence-electron chi connectivity index (χ3n) is 3.32. The second kappa shape index (κ2) is 4.90. The van der Waals surface area contributed by atoms with Gasteiger partial charge in [-0.25, -0.2) is 0 Å². The van der Waals surface area contributed by atoms with E-state index in [9.17, 15) is 0 Å². The van der Waals surface area contributed by atoms with Crippen LogP contribution >= 0.6 is 11.6 Å². The Labute approximate surface area is 115 Å². The van der Waals surface area contributed by atoms with Gasteiger partial charge in [0.25, 0.3) is 0 Å². The molecule has 0 radical (unpaired) electrons. The van der Waals surface area contributed by atoms with E-state index in [4.69, 9.17) is 11.6 Å². The van der Waals surface area contributed by atoms with Gasteiger partial charge in [0.15, 0.2) is 0 Å². The van der Waals surface area contributed by atoms with Crippen LogP contribution in [0.4, 0.5) is 0 Å². The van der Waals surface area contributed by atoms with Crippen LogP contribution in [0.2, 0.25) is 0 Å². The fourth-order valence-corrected chi connectivity index (χ4v) is 2.87. The normalized spacial score (nSPS) is 18.2. The van der Waals surface area contributed by atoms with E-state index in [2.05, 4.69) is 36.4 Å². The van der Waals surface area contributed by atoms with Crippen molar-refractivity contribution >= 4 is 22.4 Å². The smallest absolute Gasteiger partial charge is 0.0187 e. The Morgan fingerprint density at radius 2 is 2.12 bits per heavy atom. The fourth-order valence-electron chi connectivity index (χ4n) is 2.56. The molecule has 0 nitrogen and oxygen atoms in total. The average Bonchev–Trinajstić information content (AvgIpc) is 2.72. The topological polar surface area (TPSA) is 0 Å². The molecule has 82 valence electrons. The van der Waals surface area contributed by atoms with Crippen LogP contribution in [0.1, 0.15) is 23.5 Å². The zero-order chi connectivity index (χ0) is 10.3. The molecule has 2 heteroatoms. The van der Waals surface area contributed by atoms with E-state index in [-0.39, 0.29) is 21.1 Å². The van der Waals surface area contributed by atoms with Gasteiger partial charge in [-0.2, -0.15) is 17.7 Å². The summed E-state index contributed by atoms with van der Waals surface area (Å²) >= 11 is 6.02. The standard InChI is InChI=1S/C14H12Cl.W/c15-9-12-8-7-11-6-5-10-3-1-2-4-13(10)14(11)12;/h1-5,12H,7-9H2;/q-1;. The number of rotatable bonds is 1. The number of aryl methyl sites for hydroxylation is 1. The van der Waals surface area contributed by atoms with Crippen LogP contribution in [0.25, 0.3) is 10.8 Å². The van der Waals surface area contributed by atoms with Crippen molar-refractivity contribution in [3.05, 3.63) is 47.5 Å². The summed E-state index contributed by atoms with van der Waals surface area (Å²) in [4.78, 5) is 0. The van der Waals surface area contributed by atoms with E-state index in [1.807, 2.05) is 0 Å². The van der Waals surface area contributed by atoms with E-state index >= 15 is 0 Å². The summed E-state index contributed by atoms with van der Waals surface area (Å²) in [5.41, 5.74) is 2.82. The van der Waals surface area contributed by atoms with E-state index in [0.29, 0.717) is 5.92 Å². The van der Waals surface area contributed by atoms with Gasteiger partial charge < -0.3 is 0 Å². The minimum atomic E-state index is 0. The molecule has 0 saturated heterocycles. The van der Waals surface area contributed by atoms with Crippen molar-refractivity contribution in [3.8, 4) is 0 Å². The molecule has 0 aliphatic heterocycles. The zero-order valence-corrected chi connectivity index (χ0v) is 12.6. The molecule has 1 unspecified atom stereocenters. The summed E-state index contributed by atoms with van der Waals surface area (Å²) in [6.07, 6.45) is 2.32. The summed E-state index contributed by atoms with van der Waals surface area (Å²) < 4.78 is 0. The summed E-state index contributed by atoms with van der Waals surface area (Å²) in [5.74, 6) is 1.26. The van der Waals surface area contributed by atoms with Crippen molar-refractivity contribution in [1.29, 1.82) is 0 Å². The van der Waals surface area contributed by atoms with Gasteiger partial charge in [0.1, 0.15) is 0 Å². The number of hydrogen-bond acceptors (Lipinski definition) is 0. The maximum atomic E-state index is 6.02. The molecular formula is C14H12ClW-. The molecule has 16 heavy (non-hydrogen) atoms. The van der Waals surface area contributed by atoms with Crippen LogP contribution in [0, 0.1) is 6.07 Å². The molecule has 3 rings (SSSR count). The fraction of sp³-hybridized carbons (Fsp3) is 0.286. The van der Waals surface area contributed by atoms with Crippen molar-refractivity contribution in [3.63, 3.8) is 0 Å². The molecule has 0 amide bonds. The molecule has 0 heterocycles. The molecule has 1 atom stereocenters. The molecule has 2 aromatic rings. The maximum absolute atomic E-state index is 6.02. The molecule has 0 saturated carbocycles. The second-order valence-corrected chi connectivity index (χ2v) is 4.47. The van der Waals surface area contributed by atoms with Gasteiger partial charge in [-0.05, 0) is 5.92 Å². The van der Waals surface area contributed by atoms with Gasteiger partial charge in [-0.1, -0.05) is 31.0 Å². The first kappa shape index (κ1) is 12.1. The number of alkyl halides is 1. The first-order valence-electron chi connectivity index (χ1n) is 5.38. The largest absolute Gasteiger partial charge is 0.179 e. The molecular weight excluding hydrogens is 387 g/mol. The Bertz CT molecular complexity index is 507. The molecule has 1 aliphatic rings. The molecule has 2 aromatic carbocycles. The van der Waals surface area contributed by atoms with Gasteiger partial charge in [-0.15, -0.1) is 34.0 Å². The van der Waals surface area contributed by atoms with Crippen LogP contribution in [0.5, 0.6) is 0 Å². The van der Waals surface area contributed by atoms with E-state index in [1.165, 1.54) is 28.3 Å². The van der Waals surface area contributed by atoms with Gasteiger partial charge >= 0.3 is 0 Å². The predicted molar refractivity (Wildman–Crippen MR) is 64.6 cm³/mol. The molecule has 0 bridgehead atoms. The Morgan fingerprint density at radius 1 is 1.31 bits per heavy atom. The number of halogens is 1. The van der Waals surface area contributed by atoms with Crippen LogP contribution in [-0.2, 0) is 27.5 Å². The maximum Gasteiger partial charge on any atom is 0.0187 e. The molecule has 0 N–H and O–H groups in total. The SMILES string of the molecule is ClCC1CCc2[c-]cc3ccccc3c21.[W]. The van der Waals surface area contributed by atoms with Crippen molar-refractivity contribution in [2.45, 2.75) is 18.8 Å². The minimum Gasteiger partial charge on any atom is -0.179 e. The third-order valence-corrected chi connectivity index (χ3v) is 3.69. The number of fused-ring (bicyclic) bond motifs is 3. The Morgan fingerprint density at radius 3 is 2.94 bits per heavy atom. The molecule has 0 fully saturated rings.